The van der Waals surface area contributed by atoms with Crippen LogP contribution in [-0.4, -0.2) is 93.6 Å². The van der Waals surface area contributed by atoms with Crippen molar-refractivity contribution in [2.24, 2.45) is 19.1 Å². The molecule has 0 unspecified atom stereocenters. The van der Waals surface area contributed by atoms with Gasteiger partial charge in [0, 0.05) is 98.3 Å². The van der Waals surface area contributed by atoms with Crippen LogP contribution in [0.15, 0.2) is 194 Å². The number of aliphatic imine (C=N–C) groups is 1. The number of hydrogen-bond acceptors (Lipinski definition) is 10. The smallest absolute Gasteiger partial charge is 0.138 e. The number of aliphatic hydroxyl groups excluding tert-OH is 2. The van der Waals surface area contributed by atoms with Gasteiger partial charge in [-0.25, -0.2) is 14.6 Å². The molecule has 71 heavy (non-hydrogen) atoms. The maximum absolute atomic E-state index is 9.97. The Kier molecular flexibility index (Phi) is 11.1. The fraction of sp³-hybridized carbons (Fsp3) is 0.172. The van der Waals surface area contributed by atoms with Gasteiger partial charge in [0.2, 0.25) is 0 Å². The molecule has 13 heteroatoms. The van der Waals surface area contributed by atoms with Gasteiger partial charge in [-0.3, -0.25) is 14.4 Å². The molecule has 8 heterocycles. The van der Waals surface area contributed by atoms with Crippen LogP contribution < -0.4 is 9.80 Å². The number of nitrogens with zero attached hydrogens (tertiary/aromatic N) is 11. The SMILES string of the molecule is Cn1cc(-c2ccc3c(c2)C(c2ccnc(N4CC(O)C4)c2)=NC3)cn1.Cn1cc(-c2ccc3c(c2)c(-c2ccnc(N4CC(O)C4)c2)nn3C(c2ccccc2)(c2ccccc2)c2ccccc2)cn1. The van der Waals surface area contributed by atoms with E-state index in [1.54, 1.807) is 0 Å². The quantitative estimate of drug-likeness (QED) is 0.129. The second-order valence-corrected chi connectivity index (χ2v) is 18.6. The summed E-state index contributed by atoms with van der Waals surface area (Å²) in [5.41, 5.74) is 14.3. The standard InChI is InChI=1S/C38H32N6O.C20H19N5O/c1-42-24-29(23-40-42)27-17-18-35-34(21-27)37(28-19-20-39-36(22-28)43-25-33(45)26-43)41-44(35)38(30-11-5-2-6-12-30,31-13-7-3-8-14-31)32-15-9-4-10-16-32;1-24-10-16(9-23-24)13-2-3-15-8-22-20(18(15)6-13)14-4-5-21-19(7-14)25-11-17(26)12-25/h2-24,33,45H,25-26H2,1H3;2-7,9-10,17,26H,8,11-12H2,1H3. The lowest BCUT2D eigenvalue weighted by molar-refractivity contribution is 0.141. The van der Waals surface area contributed by atoms with Gasteiger partial charge >= 0.3 is 0 Å². The summed E-state index contributed by atoms with van der Waals surface area (Å²) in [5, 5.41) is 34.8. The largest absolute Gasteiger partial charge is 0.389 e. The molecule has 0 bridgehead atoms. The highest BCUT2D eigenvalue weighted by Crippen LogP contribution is 2.45. The Balaban J connectivity index is 0.000000168. The maximum Gasteiger partial charge on any atom is 0.138 e. The van der Waals surface area contributed by atoms with E-state index in [-0.39, 0.29) is 12.2 Å². The number of aryl methyl sites for hydroxylation is 2. The predicted molar refractivity (Wildman–Crippen MR) is 278 cm³/mol. The highest BCUT2D eigenvalue weighted by Gasteiger charge is 2.41. The van der Waals surface area contributed by atoms with Crippen molar-refractivity contribution < 1.29 is 10.2 Å². The average molecular weight is 934 g/mol. The number of pyridine rings is 2. The zero-order chi connectivity index (χ0) is 48.1. The molecule has 0 spiro atoms. The minimum absolute atomic E-state index is 0.243. The molecule has 13 rings (SSSR count). The van der Waals surface area contributed by atoms with E-state index < -0.39 is 5.54 Å². The second-order valence-electron chi connectivity index (χ2n) is 18.6. The molecule has 0 aliphatic carbocycles. The number of β-amino-alcohol motifs (C(OH)–C–C–N with tert-alkyl or cyclic N) is 2. The number of fused-ring (bicyclic) bond motifs is 2. The number of benzene rings is 5. The monoisotopic (exact) mass is 933 g/mol. The molecule has 2 N–H and O–H groups in total. The lowest BCUT2D eigenvalue weighted by atomic mass is 9.77. The second kappa shape index (κ2) is 18.1. The Morgan fingerprint density at radius 2 is 1.03 bits per heavy atom. The van der Waals surface area contributed by atoms with Crippen molar-refractivity contribution in [3.8, 4) is 33.5 Å². The zero-order valence-corrected chi connectivity index (χ0v) is 39.4. The van der Waals surface area contributed by atoms with Crippen molar-refractivity contribution in [3.05, 3.63) is 222 Å². The van der Waals surface area contributed by atoms with Gasteiger partial charge in [0.1, 0.15) is 22.9 Å². The Hall–Kier alpha value is -8.52. The normalized spacial score (nSPS) is 14.7. The minimum Gasteiger partial charge on any atom is -0.389 e. The van der Waals surface area contributed by atoms with Crippen molar-refractivity contribution >= 4 is 28.3 Å². The van der Waals surface area contributed by atoms with Crippen molar-refractivity contribution in [1.82, 2.24) is 39.3 Å². The third-order valence-corrected chi connectivity index (χ3v) is 13.8. The summed E-state index contributed by atoms with van der Waals surface area (Å²) in [6.07, 6.45) is 10.9. The van der Waals surface area contributed by atoms with E-state index >= 15 is 0 Å². The van der Waals surface area contributed by atoms with Gasteiger partial charge in [-0.1, -0.05) is 109 Å². The first kappa shape index (κ1) is 43.7. The predicted octanol–water partition coefficient (Wildman–Crippen LogP) is 8.53. The van der Waals surface area contributed by atoms with Crippen molar-refractivity contribution in [2.75, 3.05) is 36.0 Å². The first-order valence-corrected chi connectivity index (χ1v) is 23.9. The highest BCUT2D eigenvalue weighted by molar-refractivity contribution is 6.16. The summed E-state index contributed by atoms with van der Waals surface area (Å²) in [6.45, 7) is 3.15. The summed E-state index contributed by atoms with van der Waals surface area (Å²) in [6, 6.07) is 53.1. The van der Waals surface area contributed by atoms with Crippen molar-refractivity contribution in [3.63, 3.8) is 0 Å². The highest BCUT2D eigenvalue weighted by atomic mass is 16.3. The van der Waals surface area contributed by atoms with E-state index in [4.69, 9.17) is 10.1 Å². The fourth-order valence-electron chi connectivity index (χ4n) is 10.2. The number of hydrogen-bond donors (Lipinski definition) is 2. The Labute approximate surface area is 411 Å². The van der Waals surface area contributed by atoms with E-state index in [1.165, 1.54) is 11.1 Å². The molecular weight excluding hydrogens is 883 g/mol. The molecule has 0 atom stereocenters. The van der Waals surface area contributed by atoms with Gasteiger partial charge in [-0.2, -0.15) is 15.3 Å². The molecule has 2 saturated heterocycles. The molecule has 0 radical (unpaired) electrons. The molecule has 5 aromatic carbocycles. The summed E-state index contributed by atoms with van der Waals surface area (Å²) in [4.78, 5) is 18.0. The van der Waals surface area contributed by atoms with Crippen LogP contribution in [0.2, 0.25) is 0 Å². The van der Waals surface area contributed by atoms with Crippen LogP contribution in [-0.2, 0) is 26.2 Å². The molecule has 0 amide bonds. The Morgan fingerprint density at radius 3 is 1.55 bits per heavy atom. The Bertz CT molecular complexity index is 3460. The van der Waals surface area contributed by atoms with Gasteiger partial charge in [0.25, 0.3) is 0 Å². The van der Waals surface area contributed by atoms with Crippen LogP contribution in [0.5, 0.6) is 0 Å². The van der Waals surface area contributed by atoms with Gasteiger partial charge < -0.3 is 20.0 Å². The first-order chi connectivity index (χ1) is 34.8. The zero-order valence-electron chi connectivity index (χ0n) is 39.4. The molecular formula is C58H51N11O2. The molecule has 5 aromatic heterocycles. The topological polar surface area (TPSA) is 139 Å². The molecule has 10 aromatic rings. The van der Waals surface area contributed by atoms with E-state index in [0.29, 0.717) is 32.7 Å². The molecule has 2 fully saturated rings. The number of rotatable bonds is 10. The lowest BCUT2D eigenvalue weighted by Gasteiger charge is -2.37. The number of aliphatic hydroxyl groups is 2. The molecule has 13 nitrogen and oxygen atoms in total. The Morgan fingerprint density at radius 1 is 0.521 bits per heavy atom. The molecule has 350 valence electrons. The summed E-state index contributed by atoms with van der Waals surface area (Å²) < 4.78 is 5.85. The summed E-state index contributed by atoms with van der Waals surface area (Å²) in [5.74, 6) is 1.73. The van der Waals surface area contributed by atoms with E-state index in [0.717, 1.165) is 84.0 Å². The maximum atomic E-state index is 9.97. The third kappa shape index (κ3) is 8.04. The lowest BCUT2D eigenvalue weighted by Crippen LogP contribution is -2.51. The van der Waals surface area contributed by atoms with E-state index in [1.807, 2.05) is 72.8 Å². The van der Waals surface area contributed by atoms with Gasteiger partial charge in [-0.15, -0.1) is 0 Å². The molecule has 3 aliphatic heterocycles. The molecule has 0 saturated carbocycles. The van der Waals surface area contributed by atoms with Gasteiger partial charge in [0.05, 0.1) is 42.4 Å². The summed E-state index contributed by atoms with van der Waals surface area (Å²) in [7, 11) is 3.86. The van der Waals surface area contributed by atoms with Gasteiger partial charge in [-0.05, 0) is 75.8 Å². The minimum atomic E-state index is -0.770. The van der Waals surface area contributed by atoms with Crippen molar-refractivity contribution in [2.45, 2.75) is 24.3 Å². The van der Waals surface area contributed by atoms with Crippen LogP contribution in [0.25, 0.3) is 44.4 Å². The average Bonchev–Trinajstić information content (AvgIpc) is 4.22. The third-order valence-electron chi connectivity index (χ3n) is 13.8. The van der Waals surface area contributed by atoms with Crippen LogP contribution in [0.1, 0.15) is 33.4 Å². The van der Waals surface area contributed by atoms with Gasteiger partial charge in [0.15, 0.2) is 0 Å². The molecule has 3 aliphatic rings. The van der Waals surface area contributed by atoms with Crippen LogP contribution in [0.3, 0.4) is 0 Å². The van der Waals surface area contributed by atoms with Crippen LogP contribution >= 0.6 is 0 Å². The van der Waals surface area contributed by atoms with Crippen LogP contribution in [0, 0.1) is 0 Å². The fourth-order valence-corrected chi connectivity index (χ4v) is 10.2. The summed E-state index contributed by atoms with van der Waals surface area (Å²) >= 11 is 0. The van der Waals surface area contributed by atoms with E-state index in [2.05, 4.69) is 174 Å². The van der Waals surface area contributed by atoms with Crippen molar-refractivity contribution in [1.29, 1.82) is 0 Å². The number of anilines is 2. The first-order valence-electron chi connectivity index (χ1n) is 23.9. The van der Waals surface area contributed by atoms with E-state index in [9.17, 15) is 10.2 Å². The van der Waals surface area contributed by atoms with Crippen LogP contribution in [0.4, 0.5) is 11.6 Å². The number of aromatic nitrogens is 8.